The van der Waals surface area contributed by atoms with Crippen LogP contribution in [0.1, 0.15) is 72.6 Å². The summed E-state index contributed by atoms with van der Waals surface area (Å²) >= 11 is 1.29. The van der Waals surface area contributed by atoms with Gasteiger partial charge in [-0.25, -0.2) is 8.78 Å². The number of aliphatic hydroxyl groups excluding tert-OH is 3. The first-order chi connectivity index (χ1) is 23.5. The summed E-state index contributed by atoms with van der Waals surface area (Å²) in [4.78, 5) is 14.7. The van der Waals surface area contributed by atoms with Gasteiger partial charge in [0.25, 0.3) is 0 Å². The number of hydrogen-bond donors (Lipinski definition) is 4. The molecule has 11 heteroatoms. The quantitative estimate of drug-likeness (QED) is 0.200. The number of thioether (sulfide) groups is 1. The molecule has 49 heavy (non-hydrogen) atoms. The molecular formula is C38H48F2N2O6S. The van der Waals surface area contributed by atoms with Crippen molar-refractivity contribution in [2.75, 3.05) is 19.3 Å². The fourth-order valence-corrected chi connectivity index (χ4v) is 7.44. The van der Waals surface area contributed by atoms with E-state index in [-0.39, 0.29) is 24.9 Å². The number of ether oxygens (including phenoxy) is 2. The highest BCUT2D eigenvalue weighted by atomic mass is 32.2. The van der Waals surface area contributed by atoms with Crippen LogP contribution in [0.4, 0.5) is 8.78 Å². The lowest BCUT2D eigenvalue weighted by Gasteiger charge is -2.40. The summed E-state index contributed by atoms with van der Waals surface area (Å²) < 4.78 is 40.7. The lowest BCUT2D eigenvalue weighted by atomic mass is 9.90. The van der Waals surface area contributed by atoms with E-state index in [0.717, 1.165) is 41.2 Å². The van der Waals surface area contributed by atoms with Crippen LogP contribution in [-0.2, 0) is 35.2 Å². The average molecular weight is 699 g/mol. The Morgan fingerprint density at radius 2 is 1.71 bits per heavy atom. The van der Waals surface area contributed by atoms with E-state index in [0.29, 0.717) is 49.2 Å². The van der Waals surface area contributed by atoms with E-state index in [4.69, 9.17) is 15.2 Å². The van der Waals surface area contributed by atoms with Crippen molar-refractivity contribution in [3.05, 3.63) is 99.6 Å². The molecule has 0 saturated carbocycles. The molecule has 0 aromatic heterocycles. The largest absolute Gasteiger partial charge is 0.489 e. The molecule has 8 nitrogen and oxygen atoms in total. The van der Waals surface area contributed by atoms with Gasteiger partial charge in [0.15, 0.2) is 0 Å². The van der Waals surface area contributed by atoms with Crippen molar-refractivity contribution >= 4 is 17.7 Å². The topological polar surface area (TPSA) is 125 Å². The minimum atomic E-state index is -1.31. The van der Waals surface area contributed by atoms with Crippen molar-refractivity contribution in [2.45, 2.75) is 101 Å². The fraction of sp³-hybridized carbons (Fsp3) is 0.500. The highest BCUT2D eigenvalue weighted by Crippen LogP contribution is 2.37. The molecule has 2 aliphatic rings. The number of likely N-dealkylation sites (tertiary alicyclic amines) is 1. The molecule has 0 aliphatic carbocycles. The van der Waals surface area contributed by atoms with Crippen LogP contribution in [0, 0.1) is 11.6 Å². The second-order valence-electron chi connectivity index (χ2n) is 13.2. The third-order valence-corrected chi connectivity index (χ3v) is 10.4. The number of aliphatic hydroxyl groups is 3. The Kier molecular flexibility index (Phi) is 12.7. The number of rotatable bonds is 13. The van der Waals surface area contributed by atoms with Gasteiger partial charge in [-0.15, -0.1) is 11.8 Å². The number of nitrogens with zero attached hydrogens (tertiary/aromatic N) is 1. The van der Waals surface area contributed by atoms with E-state index in [2.05, 4.69) is 6.92 Å². The molecule has 0 radical (unpaired) electrons. The number of carbonyl (C=O) groups is 1. The molecule has 2 saturated heterocycles. The Morgan fingerprint density at radius 3 is 2.41 bits per heavy atom. The van der Waals surface area contributed by atoms with Gasteiger partial charge in [0.05, 0.1) is 6.54 Å². The van der Waals surface area contributed by atoms with Crippen molar-refractivity contribution in [2.24, 2.45) is 5.73 Å². The van der Waals surface area contributed by atoms with E-state index < -0.39 is 47.5 Å². The van der Waals surface area contributed by atoms with Gasteiger partial charge in [-0.05, 0) is 83.5 Å². The Hall–Kier alpha value is -3.06. The minimum Gasteiger partial charge on any atom is -0.489 e. The zero-order valence-corrected chi connectivity index (χ0v) is 29.2. The molecular weight excluding hydrogens is 650 g/mol. The third-order valence-electron chi connectivity index (χ3n) is 9.51. The minimum absolute atomic E-state index is 0.0643. The summed E-state index contributed by atoms with van der Waals surface area (Å²) in [5, 5.41) is 31.4. The molecule has 1 amide bonds. The first-order valence-corrected chi connectivity index (χ1v) is 18.4. The first-order valence-electron chi connectivity index (χ1n) is 17.1. The van der Waals surface area contributed by atoms with Gasteiger partial charge in [0, 0.05) is 31.5 Å². The molecule has 3 aromatic rings. The van der Waals surface area contributed by atoms with Crippen LogP contribution in [-0.4, -0.2) is 81.4 Å². The van der Waals surface area contributed by atoms with Crippen LogP contribution in [0.25, 0.3) is 0 Å². The highest BCUT2D eigenvalue weighted by molar-refractivity contribution is 7.99. The Bertz CT molecular complexity index is 1570. The Balaban J connectivity index is 1.15. The lowest BCUT2D eigenvalue weighted by Crippen LogP contribution is -2.52. The van der Waals surface area contributed by atoms with Crippen LogP contribution in [0.5, 0.6) is 5.75 Å². The molecule has 0 spiro atoms. The van der Waals surface area contributed by atoms with E-state index in [1.54, 1.807) is 11.2 Å². The van der Waals surface area contributed by atoms with Crippen molar-refractivity contribution in [1.29, 1.82) is 0 Å². The summed E-state index contributed by atoms with van der Waals surface area (Å²) in [7, 11) is 0. The predicted octanol–water partition coefficient (Wildman–Crippen LogP) is 4.85. The molecule has 2 fully saturated rings. The van der Waals surface area contributed by atoms with Crippen molar-refractivity contribution < 1.29 is 38.4 Å². The normalized spacial score (nSPS) is 24.6. The summed E-state index contributed by atoms with van der Waals surface area (Å²) in [6, 6.07) is 15.6. The second kappa shape index (κ2) is 16.8. The van der Waals surface area contributed by atoms with Gasteiger partial charge in [0.2, 0.25) is 5.91 Å². The van der Waals surface area contributed by atoms with E-state index >= 15 is 0 Å². The Morgan fingerprint density at radius 1 is 0.980 bits per heavy atom. The van der Waals surface area contributed by atoms with Crippen molar-refractivity contribution in [3.8, 4) is 5.75 Å². The maximum Gasteiger partial charge on any atom is 0.224 e. The van der Waals surface area contributed by atoms with Crippen LogP contribution >= 0.6 is 11.8 Å². The van der Waals surface area contributed by atoms with Crippen molar-refractivity contribution in [3.63, 3.8) is 0 Å². The lowest BCUT2D eigenvalue weighted by molar-refractivity contribution is -0.200. The first kappa shape index (κ1) is 37.2. The summed E-state index contributed by atoms with van der Waals surface area (Å²) in [5.74, 6) is -0.601. The number of amides is 1. The number of nitrogens with two attached hydrogens (primary N) is 1. The average Bonchev–Trinajstić information content (AvgIpc) is 3.55. The van der Waals surface area contributed by atoms with Gasteiger partial charge in [-0.2, -0.15) is 0 Å². The molecule has 266 valence electrons. The SMILES string of the molecule is CCCc1cc(C[C@@H](N)CC(=O)N2CC[C@@H](Oc3ccc(Cc4cc([C@@H]5O[C@H](SC)[C@@H](O)[C@H](O)[C@H]5O)ccc4CC)cc3)C2)c(F)cc1F. The smallest absolute Gasteiger partial charge is 0.224 e. The number of hydrogen-bond acceptors (Lipinski definition) is 8. The van der Waals surface area contributed by atoms with E-state index in [1.165, 1.54) is 17.8 Å². The van der Waals surface area contributed by atoms with Gasteiger partial charge in [0.1, 0.15) is 53.3 Å². The maximum absolute atomic E-state index is 14.4. The standard InChI is InChI=1S/C38H48F2N2O6S/c1-4-6-24-16-27(32(40)20-31(24)39)18-28(41)19-33(43)42-14-13-30(21-42)47-29-11-7-22(8-12-29)15-26-17-25(10-9-23(26)5-2)37-35(45)34(44)36(46)38(48-37)49-3/h7-12,16-17,20,28,30,34-38,44-46H,4-6,13-15,18-19,21,41H2,1-3H3/t28-,30-,34-,35-,36+,37+,38-/m1/s1. The third kappa shape index (κ3) is 9.00. The van der Waals surface area contributed by atoms with Crippen LogP contribution in [0.15, 0.2) is 54.6 Å². The number of benzene rings is 3. The van der Waals surface area contributed by atoms with Gasteiger partial charge < -0.3 is 35.4 Å². The maximum atomic E-state index is 14.4. The van der Waals surface area contributed by atoms with Crippen LogP contribution in [0.2, 0.25) is 0 Å². The van der Waals surface area contributed by atoms with Crippen LogP contribution in [0.3, 0.4) is 0 Å². The molecule has 2 heterocycles. The molecule has 5 N–H and O–H groups in total. The summed E-state index contributed by atoms with van der Waals surface area (Å²) in [5.41, 5.74) is 10.4. The number of carbonyl (C=O) groups excluding carboxylic acids is 1. The molecule has 0 unspecified atom stereocenters. The molecule has 0 bridgehead atoms. The molecule has 7 atom stereocenters. The van der Waals surface area contributed by atoms with E-state index in [1.807, 2.05) is 49.4 Å². The summed E-state index contributed by atoms with van der Waals surface area (Å²) in [6.45, 7) is 5.00. The van der Waals surface area contributed by atoms with Crippen molar-refractivity contribution in [1.82, 2.24) is 4.90 Å². The second-order valence-corrected chi connectivity index (χ2v) is 14.1. The molecule has 3 aromatic carbocycles. The van der Waals surface area contributed by atoms with Gasteiger partial charge in [-0.1, -0.05) is 50.6 Å². The Labute approximate surface area is 291 Å². The highest BCUT2D eigenvalue weighted by Gasteiger charge is 2.44. The summed E-state index contributed by atoms with van der Waals surface area (Å²) in [6.07, 6.45) is 0.752. The van der Waals surface area contributed by atoms with E-state index in [9.17, 15) is 28.9 Å². The molecule has 5 rings (SSSR count). The number of aryl methyl sites for hydroxylation is 2. The molecule has 2 aliphatic heterocycles. The zero-order chi connectivity index (χ0) is 35.2. The number of halogens is 2. The van der Waals surface area contributed by atoms with Gasteiger partial charge >= 0.3 is 0 Å². The fourth-order valence-electron chi connectivity index (χ4n) is 6.77. The predicted molar refractivity (Wildman–Crippen MR) is 186 cm³/mol. The zero-order valence-electron chi connectivity index (χ0n) is 28.4. The monoisotopic (exact) mass is 698 g/mol. The van der Waals surface area contributed by atoms with Gasteiger partial charge in [-0.3, -0.25) is 4.79 Å². The van der Waals surface area contributed by atoms with Crippen LogP contribution < -0.4 is 10.5 Å².